The minimum Gasteiger partial charge on any atom is -0.507 e. The molecule has 0 spiro atoms. The number of carbonyl (C=O) groups excluding carboxylic acids is 4. The van der Waals surface area contributed by atoms with E-state index in [2.05, 4.69) is 6.92 Å². The summed E-state index contributed by atoms with van der Waals surface area (Å²) >= 11 is 0. The number of allylic oxidation sites excluding steroid dienone is 2. The number of para-hydroxylation sites is 1. The lowest BCUT2D eigenvalue weighted by Crippen LogP contribution is -2.43. The van der Waals surface area contributed by atoms with Gasteiger partial charge in [0, 0.05) is 11.5 Å². The van der Waals surface area contributed by atoms with Crippen molar-refractivity contribution in [3.8, 4) is 5.75 Å². The number of amides is 4. The maximum absolute atomic E-state index is 14.3. The van der Waals surface area contributed by atoms with Crippen LogP contribution in [-0.4, -0.2) is 28.7 Å². The van der Waals surface area contributed by atoms with E-state index < -0.39 is 35.5 Å². The molecule has 0 bridgehead atoms. The minimum absolute atomic E-state index is 0.0948. The standard InChI is InChI=1S/C37H36N2O5/c1-4-21-9-13-23(14-10-21)38-34(41)27-18-17-25-28(31(27)36(38)43)19-29-32(30(25)26-8-6-7-20(3)33(26)40)37(44)39(35(29)42)24-15-11-22(5-2)12-16-24/h6-17,27-32,40H,4-5,18-19H2,1-3H3/t27-,28+,29+,30+,31-,32+/m0/s1. The Balaban J connectivity index is 1.32. The number of aryl methyl sites for hydroxylation is 3. The second-order valence-corrected chi connectivity index (χ2v) is 12.6. The number of rotatable bonds is 5. The molecule has 0 radical (unpaired) electrons. The number of phenols is 1. The van der Waals surface area contributed by atoms with Crippen molar-refractivity contribution in [2.45, 2.75) is 52.4 Å². The van der Waals surface area contributed by atoms with Crippen LogP contribution in [0.3, 0.4) is 0 Å². The Hall–Kier alpha value is -4.52. The number of imide groups is 2. The van der Waals surface area contributed by atoms with E-state index in [1.165, 1.54) is 9.80 Å². The topological polar surface area (TPSA) is 95.0 Å². The molecule has 4 aliphatic rings. The molecule has 2 heterocycles. The zero-order valence-electron chi connectivity index (χ0n) is 25.2. The van der Waals surface area contributed by atoms with Crippen LogP contribution >= 0.6 is 0 Å². The molecule has 1 saturated carbocycles. The molecule has 2 aliphatic carbocycles. The average Bonchev–Trinajstić information content (AvgIpc) is 3.45. The van der Waals surface area contributed by atoms with Crippen LogP contribution in [0.5, 0.6) is 5.75 Å². The number of hydrogen-bond acceptors (Lipinski definition) is 5. The largest absolute Gasteiger partial charge is 0.507 e. The number of benzene rings is 3. The predicted octanol–water partition coefficient (Wildman–Crippen LogP) is 5.87. The van der Waals surface area contributed by atoms with E-state index in [0.29, 0.717) is 35.3 Å². The van der Waals surface area contributed by atoms with Gasteiger partial charge in [-0.1, -0.05) is 68.0 Å². The van der Waals surface area contributed by atoms with Crippen LogP contribution in [0.4, 0.5) is 11.4 Å². The highest BCUT2D eigenvalue weighted by Crippen LogP contribution is 2.59. The van der Waals surface area contributed by atoms with Crippen LogP contribution in [0, 0.1) is 36.5 Å². The molecule has 2 aliphatic heterocycles. The number of hydrogen-bond donors (Lipinski definition) is 1. The van der Waals surface area contributed by atoms with Gasteiger partial charge >= 0.3 is 0 Å². The smallest absolute Gasteiger partial charge is 0.238 e. The molecule has 0 aromatic heterocycles. The first-order chi connectivity index (χ1) is 21.2. The molecule has 3 aromatic carbocycles. The summed E-state index contributed by atoms with van der Waals surface area (Å²) in [4.78, 5) is 59.0. The number of phenolic OH excluding ortho intramolecular Hbond substituents is 1. The number of fused-ring (bicyclic) bond motifs is 4. The van der Waals surface area contributed by atoms with E-state index in [-0.39, 0.29) is 29.4 Å². The van der Waals surface area contributed by atoms with Crippen LogP contribution in [0.1, 0.15) is 54.9 Å². The lowest BCUT2D eigenvalue weighted by atomic mass is 9.57. The number of anilines is 2. The zero-order valence-corrected chi connectivity index (χ0v) is 25.2. The molecule has 1 N–H and O–H groups in total. The Morgan fingerprint density at radius 2 is 1.23 bits per heavy atom. The molecule has 0 unspecified atom stereocenters. The molecule has 224 valence electrons. The Labute approximate surface area is 257 Å². The van der Waals surface area contributed by atoms with E-state index in [1.807, 2.05) is 86.7 Å². The molecular formula is C37H36N2O5. The Bertz CT molecular complexity index is 1720. The van der Waals surface area contributed by atoms with Gasteiger partial charge in [-0.05, 0) is 79.5 Å². The zero-order chi connectivity index (χ0) is 30.9. The maximum Gasteiger partial charge on any atom is 0.238 e. The van der Waals surface area contributed by atoms with Crippen molar-refractivity contribution in [3.05, 3.63) is 101 Å². The molecule has 7 nitrogen and oxygen atoms in total. The van der Waals surface area contributed by atoms with Crippen LogP contribution in [0.25, 0.3) is 0 Å². The highest BCUT2D eigenvalue weighted by atomic mass is 16.3. The van der Waals surface area contributed by atoms with E-state index >= 15 is 0 Å². The van der Waals surface area contributed by atoms with E-state index in [9.17, 15) is 24.3 Å². The van der Waals surface area contributed by atoms with Crippen molar-refractivity contribution in [3.63, 3.8) is 0 Å². The summed E-state index contributed by atoms with van der Waals surface area (Å²) in [6.45, 7) is 5.91. The Morgan fingerprint density at radius 1 is 0.682 bits per heavy atom. The third-order valence-corrected chi connectivity index (χ3v) is 10.5. The van der Waals surface area contributed by atoms with Crippen LogP contribution in [0.15, 0.2) is 78.4 Å². The van der Waals surface area contributed by atoms with Gasteiger partial charge in [0.1, 0.15) is 5.75 Å². The lowest BCUT2D eigenvalue weighted by Gasteiger charge is -2.44. The summed E-state index contributed by atoms with van der Waals surface area (Å²) in [6.07, 6.45) is 4.38. The summed E-state index contributed by atoms with van der Waals surface area (Å²) < 4.78 is 0. The third-order valence-electron chi connectivity index (χ3n) is 10.5. The van der Waals surface area contributed by atoms with Gasteiger partial charge in [-0.2, -0.15) is 0 Å². The summed E-state index contributed by atoms with van der Waals surface area (Å²) in [6, 6.07) is 20.5. The van der Waals surface area contributed by atoms with Gasteiger partial charge in [0.05, 0.1) is 35.0 Å². The second kappa shape index (κ2) is 10.6. The molecule has 3 fully saturated rings. The highest BCUT2D eigenvalue weighted by Gasteiger charge is 2.62. The number of aromatic hydroxyl groups is 1. The molecule has 3 aromatic rings. The fourth-order valence-electron chi connectivity index (χ4n) is 8.14. The SMILES string of the molecule is CCc1ccc(N2C(=O)[C@H]3[C@H](CC=C4[C@H]3C[C@H]3C(=O)N(c5ccc(CC)cc5)C(=O)[C@H]3[C@H]4c3cccc(C)c3O)C2=O)cc1. The monoisotopic (exact) mass is 588 g/mol. The molecule has 7 rings (SSSR count). The van der Waals surface area contributed by atoms with Crippen LogP contribution in [-0.2, 0) is 32.0 Å². The fourth-order valence-corrected chi connectivity index (χ4v) is 8.14. The average molecular weight is 589 g/mol. The van der Waals surface area contributed by atoms with Gasteiger partial charge < -0.3 is 5.11 Å². The van der Waals surface area contributed by atoms with Gasteiger partial charge in [-0.3, -0.25) is 29.0 Å². The molecule has 4 amide bonds. The first-order valence-electron chi connectivity index (χ1n) is 15.7. The normalized spacial score (nSPS) is 27.8. The number of carbonyl (C=O) groups is 4. The summed E-state index contributed by atoms with van der Waals surface area (Å²) in [7, 11) is 0. The van der Waals surface area contributed by atoms with Crippen molar-refractivity contribution in [1.82, 2.24) is 0 Å². The molecule has 7 heteroatoms. The Morgan fingerprint density at radius 3 is 1.80 bits per heavy atom. The van der Waals surface area contributed by atoms with Crippen molar-refractivity contribution < 1.29 is 24.3 Å². The van der Waals surface area contributed by atoms with Gasteiger partial charge in [0.2, 0.25) is 23.6 Å². The molecular weight excluding hydrogens is 552 g/mol. The highest BCUT2D eigenvalue weighted by molar-refractivity contribution is 6.24. The van der Waals surface area contributed by atoms with E-state index in [0.717, 1.165) is 29.5 Å². The summed E-state index contributed by atoms with van der Waals surface area (Å²) in [5.74, 6) is -4.51. The third kappa shape index (κ3) is 4.09. The van der Waals surface area contributed by atoms with Crippen molar-refractivity contribution in [1.29, 1.82) is 0 Å². The second-order valence-electron chi connectivity index (χ2n) is 12.6. The number of nitrogens with zero attached hydrogens (tertiary/aromatic N) is 2. The van der Waals surface area contributed by atoms with Crippen molar-refractivity contribution >= 4 is 35.0 Å². The van der Waals surface area contributed by atoms with Crippen molar-refractivity contribution in [2.75, 3.05) is 9.80 Å². The van der Waals surface area contributed by atoms with Gasteiger partial charge in [-0.25, -0.2) is 0 Å². The summed E-state index contributed by atoms with van der Waals surface area (Å²) in [5, 5.41) is 11.3. The van der Waals surface area contributed by atoms with E-state index in [1.54, 1.807) is 0 Å². The summed E-state index contributed by atoms with van der Waals surface area (Å²) in [5.41, 5.74) is 5.45. The maximum atomic E-state index is 14.3. The molecule has 6 atom stereocenters. The van der Waals surface area contributed by atoms with Gasteiger partial charge in [-0.15, -0.1) is 0 Å². The van der Waals surface area contributed by atoms with Crippen molar-refractivity contribution in [2.24, 2.45) is 29.6 Å². The van der Waals surface area contributed by atoms with Gasteiger partial charge in [0.25, 0.3) is 0 Å². The minimum atomic E-state index is -0.718. The predicted molar refractivity (Wildman–Crippen MR) is 167 cm³/mol. The lowest BCUT2D eigenvalue weighted by molar-refractivity contribution is -0.126. The molecule has 2 saturated heterocycles. The molecule has 44 heavy (non-hydrogen) atoms. The van der Waals surface area contributed by atoms with Crippen LogP contribution < -0.4 is 9.80 Å². The van der Waals surface area contributed by atoms with Gasteiger partial charge in [0.15, 0.2) is 0 Å². The quantitative estimate of drug-likeness (QED) is 0.297. The Kier molecular flexibility index (Phi) is 6.80. The first-order valence-corrected chi connectivity index (χ1v) is 15.7. The van der Waals surface area contributed by atoms with Crippen LogP contribution in [0.2, 0.25) is 0 Å². The van der Waals surface area contributed by atoms with E-state index in [4.69, 9.17) is 0 Å². The fraction of sp³-hybridized carbons (Fsp3) is 0.351. The first kappa shape index (κ1) is 28.3.